The van der Waals surface area contributed by atoms with Crippen LogP contribution >= 0.6 is 11.3 Å². The van der Waals surface area contributed by atoms with E-state index in [1.54, 1.807) is 23.7 Å². The van der Waals surface area contributed by atoms with Crippen molar-refractivity contribution >= 4 is 43.8 Å². The fraction of sp³-hybridized carbons (Fsp3) is 0.0833. The molecule has 5 heteroatoms. The van der Waals surface area contributed by atoms with E-state index in [9.17, 15) is 5.11 Å². The number of aromatic nitrogens is 2. The van der Waals surface area contributed by atoms with Gasteiger partial charge in [0.25, 0.3) is 0 Å². The van der Waals surface area contributed by atoms with Crippen molar-refractivity contribution in [2.45, 2.75) is 13.8 Å². The van der Waals surface area contributed by atoms with E-state index in [0.29, 0.717) is 0 Å². The van der Waals surface area contributed by atoms with E-state index >= 15 is 0 Å². The maximum Gasteiger partial charge on any atom is 0.143 e. The molecule has 2 N–H and O–H groups in total. The van der Waals surface area contributed by atoms with Crippen LogP contribution in [0.3, 0.4) is 0 Å². The molecule has 0 amide bonds. The molecule has 0 aliphatic carbocycles. The molecule has 5 aromatic rings. The van der Waals surface area contributed by atoms with Gasteiger partial charge in [-0.05, 0) is 31.5 Å². The topological polar surface area (TPSA) is 58.0 Å². The standard InChI is InChI=1S/C24H19N3OS/c1-14-9-11-16(12-10-14)21-15(2)29-24-22(21)23(25-13-26-24)27-19-7-3-6-18-17(19)5-4-8-20(18)28/h3-13,28H,1-2H3,(H,25,26,27). The molecule has 0 saturated heterocycles. The highest BCUT2D eigenvalue weighted by Crippen LogP contribution is 2.41. The Morgan fingerprint density at radius 3 is 2.45 bits per heavy atom. The van der Waals surface area contributed by atoms with Crippen molar-refractivity contribution < 1.29 is 5.11 Å². The molecule has 0 radical (unpaired) electrons. The zero-order valence-electron chi connectivity index (χ0n) is 16.1. The van der Waals surface area contributed by atoms with E-state index in [1.165, 1.54) is 10.4 Å². The molecule has 0 saturated carbocycles. The summed E-state index contributed by atoms with van der Waals surface area (Å²) < 4.78 is 0. The van der Waals surface area contributed by atoms with Crippen molar-refractivity contribution in [2.24, 2.45) is 0 Å². The summed E-state index contributed by atoms with van der Waals surface area (Å²) in [4.78, 5) is 11.3. The summed E-state index contributed by atoms with van der Waals surface area (Å²) in [6.07, 6.45) is 1.60. The molecule has 5 rings (SSSR count). The molecule has 2 heterocycles. The summed E-state index contributed by atoms with van der Waals surface area (Å²) in [5.74, 6) is 1.04. The molecule has 0 atom stereocenters. The summed E-state index contributed by atoms with van der Waals surface area (Å²) in [7, 11) is 0. The summed E-state index contributed by atoms with van der Waals surface area (Å²) in [6.45, 7) is 4.22. The van der Waals surface area contributed by atoms with Crippen LogP contribution in [0.5, 0.6) is 5.75 Å². The Balaban J connectivity index is 1.71. The normalized spacial score (nSPS) is 11.2. The van der Waals surface area contributed by atoms with Crippen molar-refractivity contribution in [3.8, 4) is 16.9 Å². The maximum atomic E-state index is 10.2. The summed E-state index contributed by atoms with van der Waals surface area (Å²) in [6, 6.07) is 20.0. The third-order valence-electron chi connectivity index (χ3n) is 5.16. The molecule has 0 bridgehead atoms. The predicted molar refractivity (Wildman–Crippen MR) is 121 cm³/mol. The molecule has 0 fully saturated rings. The Bertz CT molecular complexity index is 1360. The minimum atomic E-state index is 0.269. The summed E-state index contributed by atoms with van der Waals surface area (Å²) in [5.41, 5.74) is 4.46. The molecular formula is C24H19N3OS. The van der Waals surface area contributed by atoms with Gasteiger partial charge in [-0.25, -0.2) is 9.97 Å². The number of thiophene rings is 1. The Kier molecular flexibility index (Phi) is 4.18. The maximum absolute atomic E-state index is 10.2. The van der Waals surface area contributed by atoms with Gasteiger partial charge in [-0.15, -0.1) is 11.3 Å². The van der Waals surface area contributed by atoms with E-state index in [0.717, 1.165) is 43.6 Å². The number of hydrogen-bond acceptors (Lipinski definition) is 5. The van der Waals surface area contributed by atoms with Gasteiger partial charge in [0.1, 0.15) is 22.7 Å². The van der Waals surface area contributed by atoms with E-state index in [4.69, 9.17) is 0 Å². The Hall–Kier alpha value is -3.44. The number of aromatic hydroxyl groups is 1. The number of aryl methyl sites for hydroxylation is 2. The van der Waals surface area contributed by atoms with Crippen LogP contribution in [-0.4, -0.2) is 15.1 Å². The van der Waals surface area contributed by atoms with Gasteiger partial charge in [-0.3, -0.25) is 0 Å². The quantitative estimate of drug-likeness (QED) is 0.361. The first-order valence-corrected chi connectivity index (χ1v) is 10.2. The second-order valence-electron chi connectivity index (χ2n) is 7.10. The molecule has 2 aromatic heterocycles. The van der Waals surface area contributed by atoms with Crippen LogP contribution in [0.15, 0.2) is 67.0 Å². The first-order chi connectivity index (χ1) is 14.1. The third-order valence-corrected chi connectivity index (χ3v) is 6.17. The van der Waals surface area contributed by atoms with Crippen LogP contribution in [-0.2, 0) is 0 Å². The van der Waals surface area contributed by atoms with Crippen LogP contribution in [0.4, 0.5) is 11.5 Å². The van der Waals surface area contributed by atoms with Crippen molar-refractivity contribution in [1.29, 1.82) is 0 Å². The molecule has 0 aliphatic rings. The number of rotatable bonds is 3. The van der Waals surface area contributed by atoms with Gasteiger partial charge in [0.15, 0.2) is 0 Å². The molecule has 4 nitrogen and oxygen atoms in total. The minimum absolute atomic E-state index is 0.269. The van der Waals surface area contributed by atoms with Crippen molar-refractivity contribution in [3.63, 3.8) is 0 Å². The lowest BCUT2D eigenvalue weighted by Crippen LogP contribution is -1.96. The van der Waals surface area contributed by atoms with Crippen LogP contribution in [0.25, 0.3) is 32.1 Å². The average Bonchev–Trinajstić information content (AvgIpc) is 3.06. The smallest absolute Gasteiger partial charge is 0.143 e. The number of nitrogens with zero attached hydrogens (tertiary/aromatic N) is 2. The highest BCUT2D eigenvalue weighted by atomic mass is 32.1. The van der Waals surface area contributed by atoms with Crippen molar-refractivity contribution in [1.82, 2.24) is 9.97 Å². The predicted octanol–water partition coefficient (Wildman–Crippen LogP) is 6.58. The summed E-state index contributed by atoms with van der Waals surface area (Å²) in [5, 5.41) is 16.5. The largest absolute Gasteiger partial charge is 0.507 e. The number of anilines is 2. The SMILES string of the molecule is Cc1ccc(-c2c(C)sc3ncnc(Nc4cccc5c(O)cccc45)c23)cc1. The zero-order valence-corrected chi connectivity index (χ0v) is 16.9. The molecule has 0 unspecified atom stereocenters. The average molecular weight is 398 g/mol. The number of phenolic OH excluding ortho intramolecular Hbond substituents is 1. The second-order valence-corrected chi connectivity index (χ2v) is 8.31. The monoisotopic (exact) mass is 397 g/mol. The fourth-order valence-corrected chi connectivity index (χ4v) is 4.75. The summed E-state index contributed by atoms with van der Waals surface area (Å²) >= 11 is 1.68. The Labute approximate surface area is 172 Å². The lowest BCUT2D eigenvalue weighted by molar-refractivity contribution is 0.481. The highest BCUT2D eigenvalue weighted by molar-refractivity contribution is 7.19. The number of fused-ring (bicyclic) bond motifs is 2. The van der Waals surface area contributed by atoms with Crippen LogP contribution < -0.4 is 5.32 Å². The fourth-order valence-electron chi connectivity index (χ4n) is 3.74. The van der Waals surface area contributed by atoms with E-state index in [-0.39, 0.29) is 5.75 Å². The zero-order chi connectivity index (χ0) is 20.0. The second kappa shape index (κ2) is 6.87. The molecule has 142 valence electrons. The van der Waals surface area contributed by atoms with Gasteiger partial charge in [-0.2, -0.15) is 0 Å². The van der Waals surface area contributed by atoms with Gasteiger partial charge in [0.2, 0.25) is 0 Å². The molecule has 3 aromatic carbocycles. The molecular weight excluding hydrogens is 378 g/mol. The van der Waals surface area contributed by atoms with Crippen LogP contribution in [0, 0.1) is 13.8 Å². The first-order valence-electron chi connectivity index (χ1n) is 9.40. The number of nitrogens with one attached hydrogen (secondary N) is 1. The van der Waals surface area contributed by atoms with E-state index in [2.05, 4.69) is 53.4 Å². The third kappa shape index (κ3) is 3.00. The van der Waals surface area contributed by atoms with Crippen molar-refractivity contribution in [3.05, 3.63) is 77.4 Å². The van der Waals surface area contributed by atoms with E-state index < -0.39 is 0 Å². The van der Waals surface area contributed by atoms with E-state index in [1.807, 2.05) is 30.3 Å². The van der Waals surface area contributed by atoms with Crippen LogP contribution in [0.2, 0.25) is 0 Å². The van der Waals surface area contributed by atoms with Gasteiger partial charge in [0, 0.05) is 26.9 Å². The van der Waals surface area contributed by atoms with Crippen LogP contribution in [0.1, 0.15) is 10.4 Å². The lowest BCUT2D eigenvalue weighted by Gasteiger charge is -2.12. The highest BCUT2D eigenvalue weighted by Gasteiger charge is 2.17. The van der Waals surface area contributed by atoms with Gasteiger partial charge < -0.3 is 10.4 Å². The molecule has 0 spiro atoms. The van der Waals surface area contributed by atoms with Gasteiger partial charge >= 0.3 is 0 Å². The lowest BCUT2D eigenvalue weighted by atomic mass is 10.0. The first kappa shape index (κ1) is 17.6. The number of phenols is 1. The van der Waals surface area contributed by atoms with Gasteiger partial charge in [0.05, 0.1) is 5.39 Å². The molecule has 0 aliphatic heterocycles. The Morgan fingerprint density at radius 2 is 1.62 bits per heavy atom. The molecule has 29 heavy (non-hydrogen) atoms. The number of benzene rings is 3. The Morgan fingerprint density at radius 1 is 0.862 bits per heavy atom. The minimum Gasteiger partial charge on any atom is -0.507 e. The van der Waals surface area contributed by atoms with Crippen molar-refractivity contribution in [2.75, 3.05) is 5.32 Å². The number of hydrogen-bond donors (Lipinski definition) is 2. The van der Waals surface area contributed by atoms with Gasteiger partial charge in [-0.1, -0.05) is 54.1 Å².